The van der Waals surface area contributed by atoms with Crippen LogP contribution < -0.4 is 14.4 Å². The third-order valence-electron chi connectivity index (χ3n) is 7.99. The Balaban J connectivity index is 1.27. The highest BCUT2D eigenvalue weighted by atomic mass is 16.5. The average Bonchev–Trinajstić information content (AvgIpc) is 3.28. The number of hydrogen-bond donors (Lipinski definition) is 0. The number of piperidine rings is 1. The van der Waals surface area contributed by atoms with Crippen molar-refractivity contribution in [2.45, 2.75) is 58.0 Å². The first-order valence-corrected chi connectivity index (χ1v) is 13.0. The van der Waals surface area contributed by atoms with E-state index in [4.69, 9.17) is 9.47 Å². The molecule has 7 heteroatoms. The van der Waals surface area contributed by atoms with Gasteiger partial charge in [0, 0.05) is 50.7 Å². The number of amides is 2. The van der Waals surface area contributed by atoms with E-state index in [1.165, 1.54) is 0 Å². The van der Waals surface area contributed by atoms with Gasteiger partial charge in [0.1, 0.15) is 17.1 Å². The number of para-hydroxylation sites is 1. The Hall–Kier alpha value is -3.35. The molecule has 3 aliphatic heterocycles. The van der Waals surface area contributed by atoms with Crippen molar-refractivity contribution in [1.82, 2.24) is 4.90 Å². The Labute approximate surface area is 212 Å². The van der Waals surface area contributed by atoms with Crippen LogP contribution >= 0.6 is 0 Å². The van der Waals surface area contributed by atoms with Crippen LogP contribution in [0.1, 0.15) is 61.0 Å². The molecule has 1 unspecified atom stereocenters. The predicted octanol–water partition coefficient (Wildman–Crippen LogP) is 4.20. The lowest BCUT2D eigenvalue weighted by atomic mass is 9.82. The third-order valence-corrected chi connectivity index (χ3v) is 7.99. The summed E-state index contributed by atoms with van der Waals surface area (Å²) in [6.07, 6.45) is 3.41. The quantitative estimate of drug-likeness (QED) is 0.628. The van der Waals surface area contributed by atoms with Crippen LogP contribution in [0.2, 0.25) is 0 Å². The lowest BCUT2D eigenvalue weighted by Gasteiger charge is -2.44. The summed E-state index contributed by atoms with van der Waals surface area (Å²) in [6.45, 7) is 5.64. The van der Waals surface area contributed by atoms with E-state index in [0.717, 1.165) is 29.7 Å². The van der Waals surface area contributed by atoms with E-state index in [-0.39, 0.29) is 29.9 Å². The van der Waals surface area contributed by atoms with E-state index in [1.54, 1.807) is 25.3 Å². The van der Waals surface area contributed by atoms with E-state index >= 15 is 0 Å². The Kier molecular flexibility index (Phi) is 6.49. The number of likely N-dealkylation sites (tertiary alicyclic amines) is 1. The van der Waals surface area contributed by atoms with Gasteiger partial charge in [-0.15, -0.1) is 0 Å². The van der Waals surface area contributed by atoms with E-state index in [1.807, 2.05) is 15.9 Å². The number of aryl methyl sites for hydroxylation is 2. The summed E-state index contributed by atoms with van der Waals surface area (Å²) in [5, 5.41) is 0. The summed E-state index contributed by atoms with van der Waals surface area (Å²) in [6, 6.07) is 11.5. The van der Waals surface area contributed by atoms with Gasteiger partial charge in [0.25, 0.3) is 0 Å². The minimum atomic E-state index is -0.596. The lowest BCUT2D eigenvalue weighted by molar-refractivity contribution is -0.139. The van der Waals surface area contributed by atoms with Gasteiger partial charge in [0.05, 0.1) is 25.0 Å². The second-order valence-electron chi connectivity index (χ2n) is 10.1. The van der Waals surface area contributed by atoms with Crippen LogP contribution in [-0.2, 0) is 22.4 Å². The molecular weight excluding hydrogens is 456 g/mol. The van der Waals surface area contributed by atoms with Crippen LogP contribution in [0.5, 0.6) is 11.5 Å². The molecule has 0 aliphatic carbocycles. The first-order valence-electron chi connectivity index (χ1n) is 13.0. The first kappa shape index (κ1) is 24.3. The summed E-state index contributed by atoms with van der Waals surface area (Å²) >= 11 is 0. The van der Waals surface area contributed by atoms with Crippen molar-refractivity contribution in [3.05, 3.63) is 53.1 Å². The zero-order valence-electron chi connectivity index (χ0n) is 21.3. The number of benzene rings is 2. The van der Waals surface area contributed by atoms with Crippen molar-refractivity contribution in [3.63, 3.8) is 0 Å². The number of nitrogens with zero attached hydrogens (tertiary/aromatic N) is 2. The zero-order chi connectivity index (χ0) is 25.4. The largest absolute Gasteiger partial charge is 0.497 e. The highest BCUT2D eigenvalue weighted by molar-refractivity contribution is 6.02. The van der Waals surface area contributed by atoms with Crippen LogP contribution in [0, 0.1) is 5.92 Å². The molecule has 2 aromatic rings. The molecule has 2 saturated heterocycles. The predicted molar refractivity (Wildman–Crippen MR) is 137 cm³/mol. The minimum absolute atomic E-state index is 0.0178. The van der Waals surface area contributed by atoms with Crippen LogP contribution in [0.15, 0.2) is 36.4 Å². The molecule has 7 nitrogen and oxygen atoms in total. The van der Waals surface area contributed by atoms with Crippen molar-refractivity contribution in [1.29, 1.82) is 0 Å². The number of Topliss-reactive ketones (excluding diaryl/α,β-unsaturated/α-hetero) is 1. The number of methoxy groups -OCH3 is 1. The molecule has 0 radical (unpaired) electrons. The molecule has 0 N–H and O–H groups in total. The lowest BCUT2D eigenvalue weighted by Crippen LogP contribution is -2.53. The van der Waals surface area contributed by atoms with Crippen molar-refractivity contribution >= 4 is 23.3 Å². The Morgan fingerprint density at radius 1 is 1.08 bits per heavy atom. The standard InChI is InChI=1S/C29H34N2O5/c1-4-19-7-6-8-20(5-2)27(19)31-18-21(15-26(31)33)28(34)30-13-11-29(12-14-30)17-24(32)23-10-9-22(35-3)16-25(23)36-29/h6-10,16,21H,4-5,11-15,17-18H2,1-3H3. The molecule has 1 atom stereocenters. The maximum absolute atomic E-state index is 13.5. The summed E-state index contributed by atoms with van der Waals surface area (Å²) < 4.78 is 11.7. The fourth-order valence-corrected chi connectivity index (χ4v) is 5.92. The number of rotatable bonds is 5. The zero-order valence-corrected chi connectivity index (χ0v) is 21.3. The van der Waals surface area contributed by atoms with Crippen molar-refractivity contribution in [2.75, 3.05) is 31.6 Å². The van der Waals surface area contributed by atoms with E-state index < -0.39 is 5.60 Å². The summed E-state index contributed by atoms with van der Waals surface area (Å²) in [7, 11) is 1.59. The molecule has 2 aromatic carbocycles. The Bertz CT molecular complexity index is 1180. The molecule has 1 spiro atoms. The topological polar surface area (TPSA) is 76.2 Å². The summed E-state index contributed by atoms with van der Waals surface area (Å²) in [5.74, 6) is 0.972. The van der Waals surface area contributed by atoms with Gasteiger partial charge in [-0.05, 0) is 36.1 Å². The van der Waals surface area contributed by atoms with Crippen molar-refractivity contribution in [3.8, 4) is 11.5 Å². The second-order valence-corrected chi connectivity index (χ2v) is 10.1. The highest BCUT2D eigenvalue weighted by Crippen LogP contribution is 2.41. The number of fused-ring (bicyclic) bond motifs is 1. The molecule has 0 aromatic heterocycles. The van der Waals surface area contributed by atoms with Crippen LogP contribution in [0.3, 0.4) is 0 Å². The summed E-state index contributed by atoms with van der Waals surface area (Å²) in [5.41, 5.74) is 3.27. The maximum Gasteiger partial charge on any atom is 0.228 e. The number of hydrogen-bond acceptors (Lipinski definition) is 5. The molecule has 190 valence electrons. The van der Waals surface area contributed by atoms with Gasteiger partial charge in [0.15, 0.2) is 5.78 Å². The Morgan fingerprint density at radius 2 is 1.78 bits per heavy atom. The number of ether oxygens (including phenoxy) is 2. The molecule has 2 amide bonds. The van der Waals surface area contributed by atoms with Crippen LogP contribution in [0.4, 0.5) is 5.69 Å². The van der Waals surface area contributed by atoms with Crippen LogP contribution in [0.25, 0.3) is 0 Å². The van der Waals surface area contributed by atoms with E-state index in [9.17, 15) is 14.4 Å². The molecule has 2 fully saturated rings. The second kappa shape index (κ2) is 9.60. The molecule has 5 rings (SSSR count). The van der Waals surface area contributed by atoms with Gasteiger partial charge >= 0.3 is 0 Å². The fourth-order valence-electron chi connectivity index (χ4n) is 5.92. The minimum Gasteiger partial charge on any atom is -0.497 e. The monoisotopic (exact) mass is 490 g/mol. The van der Waals surface area contributed by atoms with Gasteiger partial charge in [-0.1, -0.05) is 32.0 Å². The van der Waals surface area contributed by atoms with Gasteiger partial charge < -0.3 is 19.3 Å². The van der Waals surface area contributed by atoms with Gasteiger partial charge in [-0.25, -0.2) is 0 Å². The number of anilines is 1. The van der Waals surface area contributed by atoms with Crippen molar-refractivity contribution in [2.24, 2.45) is 5.92 Å². The third kappa shape index (κ3) is 4.25. The molecular formula is C29H34N2O5. The maximum atomic E-state index is 13.5. The van der Waals surface area contributed by atoms with Gasteiger partial charge in [0.2, 0.25) is 11.8 Å². The van der Waals surface area contributed by atoms with E-state index in [0.29, 0.717) is 56.0 Å². The molecule has 0 saturated carbocycles. The van der Waals surface area contributed by atoms with Crippen molar-refractivity contribution < 1.29 is 23.9 Å². The molecule has 3 aliphatic rings. The first-order chi connectivity index (χ1) is 17.4. The number of carbonyl (C=O) groups is 3. The average molecular weight is 491 g/mol. The Morgan fingerprint density at radius 3 is 2.42 bits per heavy atom. The molecule has 0 bridgehead atoms. The number of carbonyl (C=O) groups excluding carboxylic acids is 3. The number of ketones is 1. The molecule has 3 heterocycles. The molecule has 36 heavy (non-hydrogen) atoms. The van der Waals surface area contributed by atoms with E-state index in [2.05, 4.69) is 26.0 Å². The van der Waals surface area contributed by atoms with Gasteiger partial charge in [-0.2, -0.15) is 0 Å². The smallest absolute Gasteiger partial charge is 0.228 e. The van der Waals surface area contributed by atoms with Gasteiger partial charge in [-0.3, -0.25) is 14.4 Å². The fraction of sp³-hybridized carbons (Fsp3) is 0.483. The SMILES string of the molecule is CCc1cccc(CC)c1N1CC(C(=O)N2CCC3(CC2)CC(=O)c2ccc(OC)cc2O3)CC1=O. The summed E-state index contributed by atoms with van der Waals surface area (Å²) in [4.78, 5) is 43.1. The highest BCUT2D eigenvalue weighted by Gasteiger charge is 2.45. The van der Waals surface area contributed by atoms with Crippen LogP contribution in [-0.4, -0.2) is 54.8 Å². The normalized spacial score (nSPS) is 20.9.